The summed E-state index contributed by atoms with van der Waals surface area (Å²) in [7, 11) is 0. The van der Waals surface area contributed by atoms with E-state index in [0.717, 1.165) is 15.4 Å². The highest BCUT2D eigenvalue weighted by molar-refractivity contribution is 7.99. The van der Waals surface area contributed by atoms with Gasteiger partial charge in [0.15, 0.2) is 0 Å². The van der Waals surface area contributed by atoms with E-state index in [1.54, 1.807) is 11.8 Å². The molecule has 0 spiro atoms. The molecule has 0 aliphatic carbocycles. The van der Waals surface area contributed by atoms with Crippen molar-refractivity contribution in [3.63, 3.8) is 0 Å². The zero-order valence-electron chi connectivity index (χ0n) is 10.7. The monoisotopic (exact) mass is 300 g/mol. The molecule has 100 valence electrons. The van der Waals surface area contributed by atoms with Gasteiger partial charge in [-0.15, -0.1) is 0 Å². The molecule has 0 aromatic heterocycles. The Morgan fingerprint density at radius 3 is 2.45 bits per heavy atom. The lowest BCUT2D eigenvalue weighted by atomic mass is 10.1. The lowest BCUT2D eigenvalue weighted by Gasteiger charge is -2.07. The summed E-state index contributed by atoms with van der Waals surface area (Å²) in [5.41, 5.74) is 0.831. The van der Waals surface area contributed by atoms with Crippen molar-refractivity contribution in [1.29, 1.82) is 0 Å². The number of hydrogen-bond donors (Lipinski definition) is 1. The van der Waals surface area contributed by atoms with Gasteiger partial charge in [0.1, 0.15) is 0 Å². The average molecular weight is 301 g/mol. The summed E-state index contributed by atoms with van der Waals surface area (Å²) < 4.78 is 0. The molecule has 0 amide bonds. The molecular formula is C17H13ClOS. The summed E-state index contributed by atoms with van der Waals surface area (Å²) in [4.78, 5) is 2.15. The van der Waals surface area contributed by atoms with E-state index >= 15 is 0 Å². The molecule has 0 atom stereocenters. The molecule has 3 heteroatoms. The molecule has 0 aliphatic heterocycles. The maximum absolute atomic E-state index is 9.10. The Labute approximate surface area is 127 Å². The van der Waals surface area contributed by atoms with E-state index in [2.05, 4.69) is 30.3 Å². The number of aliphatic hydroxyl groups excluding tert-OH is 1. The molecule has 3 aromatic carbocycles. The minimum Gasteiger partial charge on any atom is -0.392 e. The molecule has 0 radical (unpaired) electrons. The van der Waals surface area contributed by atoms with Crippen molar-refractivity contribution < 1.29 is 5.11 Å². The van der Waals surface area contributed by atoms with Gasteiger partial charge in [0.05, 0.1) is 11.6 Å². The van der Waals surface area contributed by atoms with E-state index in [1.807, 2.05) is 30.3 Å². The van der Waals surface area contributed by atoms with Crippen LogP contribution in [0.1, 0.15) is 5.56 Å². The first-order chi connectivity index (χ1) is 9.76. The van der Waals surface area contributed by atoms with Gasteiger partial charge in [-0.25, -0.2) is 0 Å². The summed E-state index contributed by atoms with van der Waals surface area (Å²) in [6, 6.07) is 20.3. The second-order valence-electron chi connectivity index (χ2n) is 4.53. The average Bonchev–Trinajstić information content (AvgIpc) is 2.49. The molecule has 1 nitrogen and oxygen atoms in total. The topological polar surface area (TPSA) is 20.2 Å². The lowest BCUT2D eigenvalue weighted by molar-refractivity contribution is 0.282. The van der Waals surface area contributed by atoms with Gasteiger partial charge in [0.2, 0.25) is 0 Å². The highest BCUT2D eigenvalue weighted by atomic mass is 35.5. The van der Waals surface area contributed by atoms with E-state index in [-0.39, 0.29) is 6.61 Å². The van der Waals surface area contributed by atoms with Gasteiger partial charge < -0.3 is 5.11 Å². The largest absolute Gasteiger partial charge is 0.392 e. The second kappa shape index (κ2) is 5.88. The minimum absolute atomic E-state index is 0.0145. The maximum Gasteiger partial charge on any atom is 0.0682 e. The molecule has 0 fully saturated rings. The zero-order valence-corrected chi connectivity index (χ0v) is 12.3. The van der Waals surface area contributed by atoms with Crippen LogP contribution in [0.3, 0.4) is 0 Å². The third-order valence-electron chi connectivity index (χ3n) is 3.13. The first kappa shape index (κ1) is 13.5. The van der Waals surface area contributed by atoms with Gasteiger partial charge in [-0.1, -0.05) is 59.8 Å². The maximum atomic E-state index is 9.10. The molecule has 1 N–H and O–H groups in total. The minimum atomic E-state index is 0.0145. The van der Waals surface area contributed by atoms with E-state index in [9.17, 15) is 0 Å². The van der Waals surface area contributed by atoms with Crippen LogP contribution in [0, 0.1) is 0 Å². The fourth-order valence-corrected chi connectivity index (χ4v) is 3.27. The van der Waals surface area contributed by atoms with Crippen molar-refractivity contribution in [3.05, 3.63) is 71.2 Å². The Kier molecular flexibility index (Phi) is 3.97. The van der Waals surface area contributed by atoms with Crippen molar-refractivity contribution >= 4 is 34.1 Å². The molecule has 0 aliphatic rings. The van der Waals surface area contributed by atoms with Crippen LogP contribution in [0.4, 0.5) is 0 Å². The summed E-state index contributed by atoms with van der Waals surface area (Å²) >= 11 is 7.88. The van der Waals surface area contributed by atoms with Crippen LogP contribution in [0.15, 0.2) is 70.5 Å². The van der Waals surface area contributed by atoms with Crippen LogP contribution in [-0.2, 0) is 6.61 Å². The molecule has 20 heavy (non-hydrogen) atoms. The highest BCUT2D eigenvalue weighted by Gasteiger charge is 2.05. The molecule has 0 heterocycles. The van der Waals surface area contributed by atoms with Gasteiger partial charge in [-0.2, -0.15) is 0 Å². The molecule has 0 saturated heterocycles. The number of aliphatic hydroxyl groups is 1. The summed E-state index contributed by atoms with van der Waals surface area (Å²) in [6.07, 6.45) is 0. The molecule has 3 aromatic rings. The normalized spacial score (nSPS) is 10.9. The van der Waals surface area contributed by atoms with E-state index < -0.39 is 0 Å². The van der Waals surface area contributed by atoms with Crippen molar-refractivity contribution in [1.82, 2.24) is 0 Å². The predicted molar refractivity (Wildman–Crippen MR) is 85.4 cm³/mol. The van der Waals surface area contributed by atoms with Crippen molar-refractivity contribution in [2.45, 2.75) is 16.4 Å². The van der Waals surface area contributed by atoms with Crippen LogP contribution in [0.5, 0.6) is 0 Å². The van der Waals surface area contributed by atoms with Crippen LogP contribution in [0.2, 0.25) is 5.02 Å². The van der Waals surface area contributed by atoms with Gasteiger partial charge in [-0.3, -0.25) is 0 Å². The third-order valence-corrected chi connectivity index (χ3v) is 4.62. The number of hydrogen-bond acceptors (Lipinski definition) is 2. The Bertz CT molecular complexity index is 755. The quantitative estimate of drug-likeness (QED) is 0.723. The highest BCUT2D eigenvalue weighted by Crippen LogP contribution is 2.35. The van der Waals surface area contributed by atoms with E-state index in [0.29, 0.717) is 5.02 Å². The van der Waals surface area contributed by atoms with Crippen LogP contribution >= 0.6 is 23.4 Å². The molecule has 3 rings (SSSR count). The third kappa shape index (κ3) is 2.83. The Morgan fingerprint density at radius 2 is 1.70 bits per heavy atom. The van der Waals surface area contributed by atoms with Crippen molar-refractivity contribution in [2.75, 3.05) is 0 Å². The Balaban J connectivity index is 1.92. The molecular weight excluding hydrogens is 288 g/mol. The number of fused-ring (bicyclic) bond motifs is 1. The first-order valence-corrected chi connectivity index (χ1v) is 7.51. The van der Waals surface area contributed by atoms with Crippen molar-refractivity contribution in [3.8, 4) is 0 Å². The molecule has 0 unspecified atom stereocenters. The Morgan fingerprint density at radius 1 is 0.900 bits per heavy atom. The first-order valence-electron chi connectivity index (χ1n) is 6.32. The predicted octanol–water partition coefficient (Wildman–Crippen LogP) is 5.14. The van der Waals surface area contributed by atoms with Gasteiger partial charge in [0, 0.05) is 9.79 Å². The lowest BCUT2D eigenvalue weighted by Crippen LogP contribution is -1.84. The summed E-state index contributed by atoms with van der Waals surface area (Å²) in [5.74, 6) is 0. The molecule has 0 saturated carbocycles. The number of benzene rings is 3. The second-order valence-corrected chi connectivity index (χ2v) is 6.06. The Hall–Kier alpha value is -1.48. The SMILES string of the molecule is OCc1ccc(Sc2ccc3ccccc3c2)c(Cl)c1. The van der Waals surface area contributed by atoms with Gasteiger partial charge in [0.25, 0.3) is 0 Å². The van der Waals surface area contributed by atoms with Gasteiger partial charge in [-0.05, 0) is 40.6 Å². The standard InChI is InChI=1S/C17H13ClOS/c18-16-9-12(11-19)5-8-17(16)20-15-7-6-13-3-1-2-4-14(13)10-15/h1-10,19H,11H2. The van der Waals surface area contributed by atoms with Crippen LogP contribution in [0.25, 0.3) is 10.8 Å². The van der Waals surface area contributed by atoms with E-state index in [4.69, 9.17) is 16.7 Å². The van der Waals surface area contributed by atoms with Crippen LogP contribution < -0.4 is 0 Å². The number of rotatable bonds is 3. The number of halogens is 1. The smallest absolute Gasteiger partial charge is 0.0682 e. The molecule has 0 bridgehead atoms. The zero-order chi connectivity index (χ0) is 13.9. The fraction of sp³-hybridized carbons (Fsp3) is 0.0588. The van der Waals surface area contributed by atoms with E-state index in [1.165, 1.54) is 10.8 Å². The van der Waals surface area contributed by atoms with Gasteiger partial charge >= 0.3 is 0 Å². The summed E-state index contributed by atoms with van der Waals surface area (Å²) in [6.45, 7) is 0.0145. The fourth-order valence-electron chi connectivity index (χ4n) is 2.08. The van der Waals surface area contributed by atoms with Crippen LogP contribution in [-0.4, -0.2) is 5.11 Å². The summed E-state index contributed by atoms with van der Waals surface area (Å²) in [5, 5.41) is 12.2. The van der Waals surface area contributed by atoms with Crippen molar-refractivity contribution in [2.24, 2.45) is 0 Å².